The van der Waals surface area contributed by atoms with Crippen LogP contribution in [-0.2, 0) is 0 Å². The minimum Gasteiger partial charge on any atom is -0.455 e. The van der Waals surface area contributed by atoms with E-state index in [9.17, 15) is 0 Å². The van der Waals surface area contributed by atoms with E-state index in [1.165, 1.54) is 5.56 Å². The van der Waals surface area contributed by atoms with Crippen LogP contribution in [0.5, 0.6) is 11.5 Å². The first-order valence-corrected chi connectivity index (χ1v) is 5.79. The number of para-hydroxylation sites is 2. The van der Waals surface area contributed by atoms with Gasteiger partial charge in [0.05, 0.1) is 5.69 Å². The highest BCUT2D eigenvalue weighted by Gasteiger charge is 2.03. The summed E-state index contributed by atoms with van der Waals surface area (Å²) >= 11 is 0. The Morgan fingerprint density at radius 3 is 2.47 bits per heavy atom. The maximum Gasteiger partial charge on any atom is 0.150 e. The summed E-state index contributed by atoms with van der Waals surface area (Å²) in [5.74, 6) is 2.02. The molecule has 0 aliphatic heterocycles. The molecule has 2 rings (SSSR count). The summed E-state index contributed by atoms with van der Waals surface area (Å²) in [7, 11) is 0. The lowest BCUT2D eigenvalue weighted by molar-refractivity contribution is 0.484. The van der Waals surface area contributed by atoms with Gasteiger partial charge in [0, 0.05) is 0 Å². The van der Waals surface area contributed by atoms with Gasteiger partial charge in [-0.1, -0.05) is 38.1 Å². The zero-order valence-corrected chi connectivity index (χ0v) is 10.2. The third kappa shape index (κ3) is 2.78. The Kier molecular flexibility index (Phi) is 3.33. The summed E-state index contributed by atoms with van der Waals surface area (Å²) in [5, 5.41) is 0. The fraction of sp³-hybridized carbons (Fsp3) is 0.200. The largest absolute Gasteiger partial charge is 0.455 e. The van der Waals surface area contributed by atoms with E-state index in [0.29, 0.717) is 17.4 Å². The fourth-order valence-corrected chi connectivity index (χ4v) is 1.64. The van der Waals surface area contributed by atoms with Gasteiger partial charge in [0.1, 0.15) is 11.5 Å². The van der Waals surface area contributed by atoms with Crippen LogP contribution in [-0.4, -0.2) is 0 Å². The van der Waals surface area contributed by atoms with Crippen LogP contribution in [0.15, 0.2) is 48.5 Å². The van der Waals surface area contributed by atoms with Crippen LogP contribution in [0.4, 0.5) is 5.69 Å². The molecule has 2 heteroatoms. The minimum absolute atomic E-state index is 0.492. The molecular weight excluding hydrogens is 210 g/mol. The predicted molar refractivity (Wildman–Crippen MR) is 71.5 cm³/mol. The SMILES string of the molecule is CC(C)c1cccc(Oc2ccccc2N)c1. The minimum atomic E-state index is 0.492. The lowest BCUT2D eigenvalue weighted by Crippen LogP contribution is -1.93. The Morgan fingerprint density at radius 1 is 1.00 bits per heavy atom. The molecule has 0 unspecified atom stereocenters. The molecule has 0 amide bonds. The molecule has 2 nitrogen and oxygen atoms in total. The molecule has 88 valence electrons. The Balaban J connectivity index is 2.25. The highest BCUT2D eigenvalue weighted by atomic mass is 16.5. The smallest absolute Gasteiger partial charge is 0.150 e. The summed E-state index contributed by atoms with van der Waals surface area (Å²) in [5.41, 5.74) is 7.76. The lowest BCUT2D eigenvalue weighted by atomic mass is 10.0. The van der Waals surface area contributed by atoms with Gasteiger partial charge >= 0.3 is 0 Å². The number of hydrogen-bond donors (Lipinski definition) is 1. The van der Waals surface area contributed by atoms with Crippen molar-refractivity contribution in [2.24, 2.45) is 0 Å². The molecular formula is C15H17NO. The molecule has 0 saturated heterocycles. The lowest BCUT2D eigenvalue weighted by Gasteiger charge is -2.10. The maximum absolute atomic E-state index is 5.84. The molecule has 0 aliphatic rings. The van der Waals surface area contributed by atoms with E-state index in [2.05, 4.69) is 26.0 Å². The number of rotatable bonds is 3. The molecule has 0 spiro atoms. The molecule has 0 atom stereocenters. The standard InChI is InChI=1S/C15H17NO/c1-11(2)12-6-5-7-13(10-12)17-15-9-4-3-8-14(15)16/h3-11H,16H2,1-2H3. The van der Waals surface area contributed by atoms with Crippen LogP contribution in [0.1, 0.15) is 25.3 Å². The van der Waals surface area contributed by atoms with Crippen LogP contribution in [0.25, 0.3) is 0 Å². The summed E-state index contributed by atoms with van der Waals surface area (Å²) in [6.45, 7) is 4.33. The van der Waals surface area contributed by atoms with Crippen LogP contribution in [0, 0.1) is 0 Å². The van der Waals surface area contributed by atoms with E-state index in [-0.39, 0.29) is 0 Å². The van der Waals surface area contributed by atoms with E-state index in [1.807, 2.05) is 36.4 Å². The second-order valence-electron chi connectivity index (χ2n) is 4.37. The molecule has 17 heavy (non-hydrogen) atoms. The van der Waals surface area contributed by atoms with Crippen molar-refractivity contribution in [3.63, 3.8) is 0 Å². The summed E-state index contributed by atoms with van der Waals surface area (Å²) in [6.07, 6.45) is 0. The van der Waals surface area contributed by atoms with Crippen molar-refractivity contribution >= 4 is 5.69 Å². The number of nitrogens with two attached hydrogens (primary N) is 1. The van der Waals surface area contributed by atoms with Crippen molar-refractivity contribution in [2.75, 3.05) is 5.73 Å². The van der Waals surface area contributed by atoms with E-state index >= 15 is 0 Å². The fourth-order valence-electron chi connectivity index (χ4n) is 1.64. The first-order valence-electron chi connectivity index (χ1n) is 5.79. The van der Waals surface area contributed by atoms with E-state index in [0.717, 1.165) is 5.75 Å². The van der Waals surface area contributed by atoms with Gasteiger partial charge in [-0.25, -0.2) is 0 Å². The second kappa shape index (κ2) is 4.91. The molecule has 0 aliphatic carbocycles. The van der Waals surface area contributed by atoms with Crippen LogP contribution < -0.4 is 10.5 Å². The van der Waals surface area contributed by atoms with Crippen molar-refractivity contribution in [1.29, 1.82) is 0 Å². The van der Waals surface area contributed by atoms with Gasteiger partial charge in [0.15, 0.2) is 0 Å². The highest BCUT2D eigenvalue weighted by molar-refractivity contribution is 5.53. The number of benzene rings is 2. The zero-order valence-electron chi connectivity index (χ0n) is 10.2. The maximum atomic E-state index is 5.84. The quantitative estimate of drug-likeness (QED) is 0.798. The van der Waals surface area contributed by atoms with Crippen LogP contribution >= 0.6 is 0 Å². The van der Waals surface area contributed by atoms with Crippen molar-refractivity contribution in [2.45, 2.75) is 19.8 Å². The Hall–Kier alpha value is -1.96. The average molecular weight is 227 g/mol. The van der Waals surface area contributed by atoms with Crippen molar-refractivity contribution in [1.82, 2.24) is 0 Å². The van der Waals surface area contributed by atoms with Gasteiger partial charge in [-0.2, -0.15) is 0 Å². The van der Waals surface area contributed by atoms with Gasteiger partial charge in [-0.3, -0.25) is 0 Å². The van der Waals surface area contributed by atoms with E-state index in [4.69, 9.17) is 10.5 Å². The second-order valence-corrected chi connectivity index (χ2v) is 4.37. The number of ether oxygens (including phenoxy) is 1. The highest BCUT2D eigenvalue weighted by Crippen LogP contribution is 2.28. The molecule has 0 heterocycles. The third-order valence-electron chi connectivity index (χ3n) is 2.67. The Labute approximate surface area is 102 Å². The zero-order chi connectivity index (χ0) is 12.3. The number of nitrogen functional groups attached to an aromatic ring is 1. The van der Waals surface area contributed by atoms with Crippen LogP contribution in [0.3, 0.4) is 0 Å². The Bertz CT molecular complexity index is 506. The first-order chi connectivity index (χ1) is 8.16. The number of hydrogen-bond acceptors (Lipinski definition) is 2. The molecule has 0 radical (unpaired) electrons. The average Bonchev–Trinajstić information content (AvgIpc) is 2.32. The molecule has 2 N–H and O–H groups in total. The summed E-state index contributed by atoms with van der Waals surface area (Å²) in [4.78, 5) is 0. The summed E-state index contributed by atoms with van der Waals surface area (Å²) < 4.78 is 5.77. The van der Waals surface area contributed by atoms with E-state index in [1.54, 1.807) is 0 Å². The van der Waals surface area contributed by atoms with Gasteiger partial charge in [0.25, 0.3) is 0 Å². The van der Waals surface area contributed by atoms with Crippen molar-refractivity contribution in [3.8, 4) is 11.5 Å². The molecule has 2 aromatic rings. The van der Waals surface area contributed by atoms with Crippen molar-refractivity contribution < 1.29 is 4.74 Å². The topological polar surface area (TPSA) is 35.2 Å². The van der Waals surface area contributed by atoms with E-state index < -0.39 is 0 Å². The van der Waals surface area contributed by atoms with Gasteiger partial charge < -0.3 is 10.5 Å². The molecule has 0 saturated carbocycles. The third-order valence-corrected chi connectivity index (χ3v) is 2.67. The normalized spacial score (nSPS) is 10.5. The van der Waals surface area contributed by atoms with Crippen molar-refractivity contribution in [3.05, 3.63) is 54.1 Å². The molecule has 0 aromatic heterocycles. The van der Waals surface area contributed by atoms with Crippen LogP contribution in [0.2, 0.25) is 0 Å². The van der Waals surface area contributed by atoms with Gasteiger partial charge in [-0.15, -0.1) is 0 Å². The number of anilines is 1. The molecule has 0 bridgehead atoms. The molecule has 0 fully saturated rings. The monoisotopic (exact) mass is 227 g/mol. The molecule has 2 aromatic carbocycles. The Morgan fingerprint density at radius 2 is 1.76 bits per heavy atom. The van der Waals surface area contributed by atoms with Gasteiger partial charge in [0.2, 0.25) is 0 Å². The van der Waals surface area contributed by atoms with Gasteiger partial charge in [-0.05, 0) is 35.7 Å². The predicted octanol–water partition coefficient (Wildman–Crippen LogP) is 4.18. The first kappa shape index (κ1) is 11.5. The summed E-state index contributed by atoms with van der Waals surface area (Å²) in [6, 6.07) is 15.6.